The van der Waals surface area contributed by atoms with Crippen LogP contribution in [0.3, 0.4) is 0 Å². The van der Waals surface area contributed by atoms with Gasteiger partial charge in [0.15, 0.2) is 6.29 Å². The van der Waals surface area contributed by atoms with Gasteiger partial charge in [0.25, 0.3) is 0 Å². The molecule has 308 valence electrons. The van der Waals surface area contributed by atoms with Gasteiger partial charge in [0, 0.05) is 13.0 Å². The topological polar surface area (TPSA) is 135 Å². The highest BCUT2D eigenvalue weighted by molar-refractivity contribution is 5.69. The second-order valence-electron chi connectivity index (χ2n) is 14.4. The van der Waals surface area contributed by atoms with Crippen LogP contribution in [0.1, 0.15) is 162 Å². The number of allylic oxidation sites excluding steroid dienone is 8. The Morgan fingerprint density at radius 3 is 1.75 bits per heavy atom. The molecule has 4 N–H and O–H groups in total. The van der Waals surface area contributed by atoms with Crippen LogP contribution in [-0.4, -0.2) is 89.6 Å². The van der Waals surface area contributed by atoms with Crippen molar-refractivity contribution in [2.75, 3.05) is 26.4 Å². The highest BCUT2D eigenvalue weighted by Gasteiger charge is 2.44. The highest BCUT2D eigenvalue weighted by Crippen LogP contribution is 2.22. The molecule has 9 nitrogen and oxygen atoms in total. The molecule has 6 unspecified atom stereocenters. The summed E-state index contributed by atoms with van der Waals surface area (Å²) < 4.78 is 22.7. The molecular formula is C44H78O9. The molecule has 0 aromatic heterocycles. The monoisotopic (exact) mass is 751 g/mol. The fourth-order valence-electron chi connectivity index (χ4n) is 6.15. The zero-order chi connectivity index (χ0) is 38.6. The predicted molar refractivity (Wildman–Crippen MR) is 215 cm³/mol. The van der Waals surface area contributed by atoms with Crippen molar-refractivity contribution in [3.05, 3.63) is 48.6 Å². The molecule has 0 aromatic rings. The Kier molecular flexibility index (Phi) is 33.2. The summed E-state index contributed by atoms with van der Waals surface area (Å²) in [7, 11) is 0. The molecule has 0 aromatic carbocycles. The molecule has 0 saturated carbocycles. The molecule has 0 spiro atoms. The van der Waals surface area contributed by atoms with Crippen LogP contribution in [0.25, 0.3) is 0 Å². The van der Waals surface area contributed by atoms with Gasteiger partial charge in [-0.1, -0.05) is 133 Å². The summed E-state index contributed by atoms with van der Waals surface area (Å²) in [4.78, 5) is 12.7. The van der Waals surface area contributed by atoms with E-state index in [1.165, 1.54) is 57.8 Å². The summed E-state index contributed by atoms with van der Waals surface area (Å²) in [5.74, 6) is -0.328. The predicted octanol–water partition coefficient (Wildman–Crippen LogP) is 8.97. The van der Waals surface area contributed by atoms with Gasteiger partial charge in [-0.25, -0.2) is 0 Å². The lowest BCUT2D eigenvalue weighted by Crippen LogP contribution is -2.59. The summed E-state index contributed by atoms with van der Waals surface area (Å²) in [6, 6.07) is 0. The van der Waals surface area contributed by atoms with Crippen LogP contribution in [-0.2, 0) is 23.7 Å². The maximum absolute atomic E-state index is 12.7. The molecule has 1 aliphatic rings. The summed E-state index contributed by atoms with van der Waals surface area (Å²) in [5, 5.41) is 40.0. The normalized spacial score (nSPS) is 21.5. The van der Waals surface area contributed by atoms with E-state index >= 15 is 0 Å². The van der Waals surface area contributed by atoms with Crippen molar-refractivity contribution in [2.24, 2.45) is 0 Å². The largest absolute Gasteiger partial charge is 0.457 e. The number of hydrogen-bond acceptors (Lipinski definition) is 9. The molecule has 1 heterocycles. The number of esters is 1. The lowest BCUT2D eigenvalue weighted by atomic mass is 9.99. The van der Waals surface area contributed by atoms with Gasteiger partial charge in [-0.15, -0.1) is 0 Å². The molecule has 0 aliphatic carbocycles. The number of aliphatic hydroxyl groups excluding tert-OH is 4. The Morgan fingerprint density at radius 1 is 0.623 bits per heavy atom. The minimum absolute atomic E-state index is 0.121. The van der Waals surface area contributed by atoms with Crippen LogP contribution in [0, 0.1) is 0 Å². The Balaban J connectivity index is 2.28. The lowest BCUT2D eigenvalue weighted by Gasteiger charge is -2.39. The second-order valence-corrected chi connectivity index (χ2v) is 14.4. The van der Waals surface area contributed by atoms with Crippen LogP contribution in [0.5, 0.6) is 0 Å². The van der Waals surface area contributed by atoms with E-state index in [0.29, 0.717) is 13.0 Å². The Morgan fingerprint density at radius 2 is 1.15 bits per heavy atom. The third kappa shape index (κ3) is 27.4. The number of hydrogen-bond donors (Lipinski definition) is 4. The van der Waals surface area contributed by atoms with E-state index in [0.717, 1.165) is 83.5 Å². The lowest BCUT2D eigenvalue weighted by molar-refractivity contribution is -0.305. The van der Waals surface area contributed by atoms with Crippen LogP contribution < -0.4 is 0 Å². The van der Waals surface area contributed by atoms with E-state index in [1.807, 2.05) is 0 Å². The van der Waals surface area contributed by atoms with E-state index in [1.54, 1.807) is 0 Å². The van der Waals surface area contributed by atoms with Gasteiger partial charge in [-0.3, -0.25) is 4.79 Å². The molecule has 6 atom stereocenters. The van der Waals surface area contributed by atoms with Crippen molar-refractivity contribution in [3.63, 3.8) is 0 Å². The SMILES string of the molecule is CC/C=C\C/C=C\C/C=C\CCCCCCCCCCOCC(COC1OC(CO)C(O)C(O)C1O)OC(=O)CCCCCCC/C=C\CCCCC. The first kappa shape index (κ1) is 49.2. The van der Waals surface area contributed by atoms with E-state index in [4.69, 9.17) is 18.9 Å². The summed E-state index contributed by atoms with van der Waals surface area (Å²) in [6.07, 6.45) is 35.6. The maximum Gasteiger partial charge on any atom is 0.306 e. The molecule has 0 bridgehead atoms. The smallest absolute Gasteiger partial charge is 0.306 e. The second kappa shape index (κ2) is 35.8. The Labute approximate surface area is 322 Å². The molecule has 1 aliphatic heterocycles. The van der Waals surface area contributed by atoms with Gasteiger partial charge in [0.1, 0.15) is 30.5 Å². The molecule has 53 heavy (non-hydrogen) atoms. The van der Waals surface area contributed by atoms with Gasteiger partial charge >= 0.3 is 5.97 Å². The number of carbonyl (C=O) groups excluding carboxylic acids is 1. The molecule has 0 amide bonds. The fourth-order valence-corrected chi connectivity index (χ4v) is 6.15. The zero-order valence-corrected chi connectivity index (χ0v) is 33.5. The van der Waals surface area contributed by atoms with Crippen molar-refractivity contribution in [1.29, 1.82) is 0 Å². The molecular weight excluding hydrogens is 672 g/mol. The quantitative estimate of drug-likeness (QED) is 0.0285. The first-order chi connectivity index (χ1) is 25.9. The average Bonchev–Trinajstić information content (AvgIpc) is 3.16. The minimum Gasteiger partial charge on any atom is -0.457 e. The summed E-state index contributed by atoms with van der Waals surface area (Å²) in [6.45, 7) is 4.38. The third-order valence-electron chi connectivity index (χ3n) is 9.48. The molecule has 9 heteroatoms. The Hall–Kier alpha value is -1.85. The number of unbranched alkanes of at least 4 members (excludes halogenated alkanes) is 16. The average molecular weight is 751 g/mol. The fraction of sp³-hybridized carbons (Fsp3) is 0.795. The van der Waals surface area contributed by atoms with Crippen molar-refractivity contribution in [2.45, 2.75) is 198 Å². The van der Waals surface area contributed by atoms with Crippen molar-refractivity contribution >= 4 is 5.97 Å². The van der Waals surface area contributed by atoms with Crippen molar-refractivity contribution < 1.29 is 44.2 Å². The first-order valence-corrected chi connectivity index (χ1v) is 21.2. The van der Waals surface area contributed by atoms with Crippen LogP contribution >= 0.6 is 0 Å². The molecule has 1 fully saturated rings. The molecule has 1 saturated heterocycles. The van der Waals surface area contributed by atoms with Gasteiger partial charge < -0.3 is 39.4 Å². The van der Waals surface area contributed by atoms with E-state index in [9.17, 15) is 25.2 Å². The molecule has 1 rings (SSSR count). The van der Waals surface area contributed by atoms with Crippen molar-refractivity contribution in [1.82, 2.24) is 0 Å². The van der Waals surface area contributed by atoms with Gasteiger partial charge in [-0.2, -0.15) is 0 Å². The van der Waals surface area contributed by atoms with E-state index < -0.39 is 43.4 Å². The maximum atomic E-state index is 12.7. The zero-order valence-electron chi connectivity index (χ0n) is 33.5. The Bertz CT molecular complexity index is 947. The van der Waals surface area contributed by atoms with Gasteiger partial charge in [-0.05, 0) is 70.6 Å². The molecule has 0 radical (unpaired) electrons. The summed E-state index contributed by atoms with van der Waals surface area (Å²) >= 11 is 0. The van der Waals surface area contributed by atoms with Gasteiger partial charge in [0.2, 0.25) is 0 Å². The minimum atomic E-state index is -1.54. The van der Waals surface area contributed by atoms with Crippen LogP contribution in [0.15, 0.2) is 48.6 Å². The highest BCUT2D eigenvalue weighted by atomic mass is 16.7. The van der Waals surface area contributed by atoms with Crippen molar-refractivity contribution in [3.8, 4) is 0 Å². The van der Waals surface area contributed by atoms with E-state index in [2.05, 4.69) is 62.5 Å². The standard InChI is InChI=1S/C44H78O9/c1-3-5-7-9-11-13-15-17-18-19-20-21-22-24-26-28-30-32-34-50-36-38(37-51-44-43(49)42(48)41(47)39(35-45)53-44)52-40(46)33-31-29-27-25-23-16-14-12-10-8-6-4-2/h5,7,11-14,17-18,38-39,41-45,47-49H,3-4,6,8-10,15-16,19-37H2,1-2H3/b7-5-,13-11-,14-12-,18-17-. The van der Waals surface area contributed by atoms with Crippen LogP contribution in [0.2, 0.25) is 0 Å². The van der Waals surface area contributed by atoms with Gasteiger partial charge in [0.05, 0.1) is 19.8 Å². The summed E-state index contributed by atoms with van der Waals surface area (Å²) in [5.41, 5.74) is 0. The third-order valence-corrected chi connectivity index (χ3v) is 9.48. The first-order valence-electron chi connectivity index (χ1n) is 21.2. The number of ether oxygens (including phenoxy) is 4. The van der Waals surface area contributed by atoms with Crippen LogP contribution in [0.4, 0.5) is 0 Å². The van der Waals surface area contributed by atoms with E-state index in [-0.39, 0.29) is 19.2 Å². The number of rotatable bonds is 35. The number of aliphatic hydroxyl groups is 4. The number of carbonyl (C=O) groups is 1.